The Morgan fingerprint density at radius 1 is 1.04 bits per heavy atom. The lowest BCUT2D eigenvalue weighted by Gasteiger charge is -2.22. The minimum Gasteiger partial charge on any atom is -0.484 e. The molecule has 0 unspecified atom stereocenters. The predicted molar refractivity (Wildman–Crippen MR) is 91.9 cm³/mol. The number of amides is 2. The van der Waals surface area contributed by atoms with Crippen LogP contribution in [-0.2, 0) is 9.59 Å². The summed E-state index contributed by atoms with van der Waals surface area (Å²) in [6.45, 7) is 6.85. The number of rotatable bonds is 4. The van der Waals surface area contributed by atoms with Gasteiger partial charge in [0.25, 0.3) is 5.91 Å². The van der Waals surface area contributed by atoms with Crippen LogP contribution in [0.25, 0.3) is 0 Å². The van der Waals surface area contributed by atoms with E-state index in [1.54, 1.807) is 0 Å². The lowest BCUT2D eigenvalue weighted by Crippen LogP contribution is -2.39. The molecule has 0 atom stereocenters. The second-order valence-electron chi connectivity index (χ2n) is 6.87. The first-order chi connectivity index (χ1) is 11.5. The van der Waals surface area contributed by atoms with Crippen molar-refractivity contribution in [2.24, 2.45) is 5.92 Å². The van der Waals surface area contributed by atoms with Gasteiger partial charge in [-0.05, 0) is 56.4 Å². The number of aryl methyl sites for hydroxylation is 2. The van der Waals surface area contributed by atoms with Gasteiger partial charge in [0.2, 0.25) is 5.91 Å². The summed E-state index contributed by atoms with van der Waals surface area (Å²) in [4.78, 5) is 28.3. The molecule has 2 aliphatic rings. The molecule has 5 nitrogen and oxygen atoms in total. The molecule has 0 radical (unpaired) electrons. The van der Waals surface area contributed by atoms with Crippen LogP contribution in [0.2, 0.25) is 0 Å². The molecule has 1 aromatic rings. The van der Waals surface area contributed by atoms with E-state index in [0.717, 1.165) is 37.1 Å². The summed E-state index contributed by atoms with van der Waals surface area (Å²) in [6, 6.07) is 5.86. The van der Waals surface area contributed by atoms with E-state index in [0.29, 0.717) is 19.6 Å². The quantitative estimate of drug-likeness (QED) is 0.850. The molecule has 0 aromatic heterocycles. The highest BCUT2D eigenvalue weighted by atomic mass is 16.5. The van der Waals surface area contributed by atoms with E-state index >= 15 is 0 Å². The van der Waals surface area contributed by atoms with Crippen molar-refractivity contribution in [3.63, 3.8) is 0 Å². The topological polar surface area (TPSA) is 49.9 Å². The molecular weight excluding hydrogens is 304 g/mol. The van der Waals surface area contributed by atoms with E-state index in [1.165, 1.54) is 5.56 Å². The first-order valence-electron chi connectivity index (χ1n) is 8.81. The van der Waals surface area contributed by atoms with Crippen LogP contribution in [0.1, 0.15) is 30.4 Å². The molecule has 1 saturated carbocycles. The fraction of sp³-hybridized carbons (Fsp3) is 0.579. The highest BCUT2D eigenvalue weighted by Gasteiger charge is 2.34. The van der Waals surface area contributed by atoms with Crippen molar-refractivity contribution in [2.45, 2.75) is 33.1 Å². The minimum absolute atomic E-state index is 0.00560. The van der Waals surface area contributed by atoms with Crippen LogP contribution in [0.15, 0.2) is 18.2 Å². The number of carbonyl (C=O) groups is 2. The number of carbonyl (C=O) groups excluding carboxylic acids is 2. The Kier molecular flexibility index (Phi) is 5.07. The first-order valence-corrected chi connectivity index (χ1v) is 8.81. The van der Waals surface area contributed by atoms with Crippen molar-refractivity contribution in [1.82, 2.24) is 9.80 Å². The van der Waals surface area contributed by atoms with Crippen molar-refractivity contribution in [3.05, 3.63) is 29.3 Å². The SMILES string of the molecule is Cc1ccc(OCC(=O)N2CCCN(C(=O)C3CC3)CC2)cc1C. The zero-order valence-corrected chi connectivity index (χ0v) is 14.6. The molecule has 1 aliphatic carbocycles. The van der Waals surface area contributed by atoms with E-state index in [-0.39, 0.29) is 24.3 Å². The molecule has 130 valence electrons. The Labute approximate surface area is 143 Å². The molecule has 2 amide bonds. The molecule has 0 spiro atoms. The first kappa shape index (κ1) is 16.8. The standard InChI is InChI=1S/C19H26N2O3/c1-14-4-7-17(12-15(14)2)24-13-18(22)20-8-3-9-21(11-10-20)19(23)16-5-6-16/h4,7,12,16H,3,5-6,8-11,13H2,1-2H3. The van der Waals surface area contributed by atoms with Gasteiger partial charge in [-0.2, -0.15) is 0 Å². The predicted octanol–water partition coefficient (Wildman–Crippen LogP) is 2.15. The summed E-state index contributed by atoms with van der Waals surface area (Å²) < 4.78 is 5.65. The Morgan fingerprint density at radius 3 is 2.46 bits per heavy atom. The fourth-order valence-corrected chi connectivity index (χ4v) is 3.02. The van der Waals surface area contributed by atoms with E-state index < -0.39 is 0 Å². The lowest BCUT2D eigenvalue weighted by atomic mass is 10.1. The minimum atomic E-state index is -0.00560. The van der Waals surface area contributed by atoms with Gasteiger partial charge in [0.15, 0.2) is 6.61 Å². The van der Waals surface area contributed by atoms with Crippen molar-refractivity contribution in [3.8, 4) is 5.75 Å². The highest BCUT2D eigenvalue weighted by molar-refractivity contribution is 5.81. The van der Waals surface area contributed by atoms with Crippen LogP contribution in [-0.4, -0.2) is 54.4 Å². The van der Waals surface area contributed by atoms with E-state index in [9.17, 15) is 9.59 Å². The number of benzene rings is 1. The number of hydrogen-bond donors (Lipinski definition) is 0. The van der Waals surface area contributed by atoms with Gasteiger partial charge in [0, 0.05) is 32.1 Å². The average molecular weight is 330 g/mol. The van der Waals surface area contributed by atoms with Gasteiger partial charge in [0.1, 0.15) is 5.75 Å². The molecule has 3 rings (SSSR count). The van der Waals surface area contributed by atoms with Crippen LogP contribution in [0, 0.1) is 19.8 Å². The van der Waals surface area contributed by atoms with Crippen LogP contribution < -0.4 is 4.74 Å². The van der Waals surface area contributed by atoms with Crippen molar-refractivity contribution in [2.75, 3.05) is 32.8 Å². The molecule has 0 N–H and O–H groups in total. The Hall–Kier alpha value is -2.04. The zero-order valence-electron chi connectivity index (χ0n) is 14.6. The Balaban J connectivity index is 1.49. The number of nitrogens with zero attached hydrogens (tertiary/aromatic N) is 2. The van der Waals surface area contributed by atoms with E-state index in [2.05, 4.69) is 6.92 Å². The second-order valence-corrected chi connectivity index (χ2v) is 6.87. The zero-order chi connectivity index (χ0) is 17.1. The smallest absolute Gasteiger partial charge is 0.260 e. The maximum atomic E-state index is 12.4. The highest BCUT2D eigenvalue weighted by Crippen LogP contribution is 2.31. The van der Waals surface area contributed by atoms with Crippen molar-refractivity contribution < 1.29 is 14.3 Å². The lowest BCUT2D eigenvalue weighted by molar-refractivity contribution is -0.135. The molecule has 24 heavy (non-hydrogen) atoms. The summed E-state index contributed by atoms with van der Waals surface area (Å²) in [6.07, 6.45) is 2.90. The summed E-state index contributed by atoms with van der Waals surface area (Å²) in [5.41, 5.74) is 2.37. The van der Waals surface area contributed by atoms with Crippen molar-refractivity contribution >= 4 is 11.8 Å². The normalized spacial score (nSPS) is 18.2. The summed E-state index contributed by atoms with van der Waals surface area (Å²) in [5, 5.41) is 0. The molecular formula is C19H26N2O3. The largest absolute Gasteiger partial charge is 0.484 e. The van der Waals surface area contributed by atoms with Crippen LogP contribution in [0.3, 0.4) is 0 Å². The van der Waals surface area contributed by atoms with Gasteiger partial charge >= 0.3 is 0 Å². The van der Waals surface area contributed by atoms with Gasteiger partial charge in [-0.3, -0.25) is 9.59 Å². The Bertz CT molecular complexity index is 625. The van der Waals surface area contributed by atoms with E-state index in [1.807, 2.05) is 34.9 Å². The molecule has 2 fully saturated rings. The van der Waals surface area contributed by atoms with Crippen LogP contribution >= 0.6 is 0 Å². The Morgan fingerprint density at radius 2 is 1.75 bits per heavy atom. The maximum absolute atomic E-state index is 12.4. The third-order valence-electron chi connectivity index (χ3n) is 4.93. The summed E-state index contributed by atoms with van der Waals surface area (Å²) in [5.74, 6) is 1.25. The fourth-order valence-electron chi connectivity index (χ4n) is 3.02. The third-order valence-corrected chi connectivity index (χ3v) is 4.93. The molecule has 5 heteroatoms. The van der Waals surface area contributed by atoms with E-state index in [4.69, 9.17) is 4.74 Å². The summed E-state index contributed by atoms with van der Waals surface area (Å²) >= 11 is 0. The van der Waals surface area contributed by atoms with Gasteiger partial charge in [0.05, 0.1) is 0 Å². The average Bonchev–Trinajstić information content (AvgIpc) is 3.41. The third kappa shape index (κ3) is 4.08. The molecule has 0 bridgehead atoms. The maximum Gasteiger partial charge on any atom is 0.260 e. The van der Waals surface area contributed by atoms with Gasteiger partial charge in [-0.25, -0.2) is 0 Å². The number of ether oxygens (including phenoxy) is 1. The van der Waals surface area contributed by atoms with Gasteiger partial charge in [-0.15, -0.1) is 0 Å². The second kappa shape index (κ2) is 7.24. The molecule has 1 saturated heterocycles. The number of hydrogen-bond acceptors (Lipinski definition) is 3. The van der Waals surface area contributed by atoms with Crippen LogP contribution in [0.4, 0.5) is 0 Å². The molecule has 1 aliphatic heterocycles. The molecule has 1 heterocycles. The monoisotopic (exact) mass is 330 g/mol. The van der Waals surface area contributed by atoms with Gasteiger partial charge in [-0.1, -0.05) is 6.07 Å². The van der Waals surface area contributed by atoms with Crippen LogP contribution in [0.5, 0.6) is 5.75 Å². The molecule has 1 aromatic carbocycles. The van der Waals surface area contributed by atoms with Gasteiger partial charge < -0.3 is 14.5 Å². The van der Waals surface area contributed by atoms with Crippen molar-refractivity contribution in [1.29, 1.82) is 0 Å². The summed E-state index contributed by atoms with van der Waals surface area (Å²) in [7, 11) is 0.